The number of hydrogen-bond acceptors (Lipinski definition) is 10. The Morgan fingerprint density at radius 1 is 0.679 bits per heavy atom. The fourth-order valence-corrected chi connectivity index (χ4v) is 1.38. The van der Waals surface area contributed by atoms with E-state index < -0.39 is 49.2 Å². The van der Waals surface area contributed by atoms with Crippen molar-refractivity contribution >= 4 is 17.7 Å². The molecule has 9 N–H and O–H groups in total. The second-order valence-corrected chi connectivity index (χ2v) is 5.46. The third-order valence-electron chi connectivity index (χ3n) is 2.99. The lowest BCUT2D eigenvalue weighted by Gasteiger charge is -2.19. The first-order valence-electron chi connectivity index (χ1n) is 8.52. The molecule has 0 fully saturated rings. The van der Waals surface area contributed by atoms with Gasteiger partial charge in [0.2, 0.25) is 0 Å². The summed E-state index contributed by atoms with van der Waals surface area (Å²) < 4.78 is 0. The van der Waals surface area contributed by atoms with E-state index >= 15 is 0 Å². The number of carboxylic acids is 2. The third-order valence-corrected chi connectivity index (χ3v) is 2.99. The number of aliphatic carboxylic acids is 2. The van der Waals surface area contributed by atoms with Crippen molar-refractivity contribution in [3.63, 3.8) is 0 Å². The van der Waals surface area contributed by atoms with Crippen LogP contribution in [0.5, 0.6) is 0 Å². The predicted molar refractivity (Wildman–Crippen MR) is 94.3 cm³/mol. The zero-order valence-electron chi connectivity index (χ0n) is 15.6. The van der Waals surface area contributed by atoms with Gasteiger partial charge in [0.25, 0.3) is 0 Å². The van der Waals surface area contributed by atoms with Crippen LogP contribution in [0.25, 0.3) is 0 Å². The number of rotatable bonds is 13. The molecule has 0 bridgehead atoms. The van der Waals surface area contributed by atoms with Crippen LogP contribution in [0, 0.1) is 0 Å². The van der Waals surface area contributed by atoms with Crippen molar-refractivity contribution in [2.24, 2.45) is 0 Å². The Morgan fingerprint density at radius 2 is 1.07 bits per heavy atom. The van der Waals surface area contributed by atoms with Gasteiger partial charge in [0.15, 0.2) is 5.78 Å². The zero-order chi connectivity index (χ0) is 22.5. The molecule has 3 atom stereocenters. The number of Topliss-reactive ketones (excluding diaryl/α,β-unsaturated/α-hetero) is 1. The van der Waals surface area contributed by atoms with E-state index in [1.54, 1.807) is 0 Å². The lowest BCUT2D eigenvalue weighted by atomic mass is 10.1. The molecule has 0 spiro atoms. The molecule has 0 aliphatic carbocycles. The first-order valence-corrected chi connectivity index (χ1v) is 8.52. The Bertz CT molecular complexity index is 381. The van der Waals surface area contributed by atoms with Crippen LogP contribution in [0.2, 0.25) is 0 Å². The SMILES string of the molecule is O=C(CO)[C@H](O)[C@@H](O)[C@H](O)CO.O=C(O)CCCCC(=O)O.OCCCCO. The molecule has 168 valence electrons. The number of ketones is 1. The van der Waals surface area contributed by atoms with Crippen LogP contribution >= 0.6 is 0 Å². The number of carbonyl (C=O) groups excluding carboxylic acids is 1. The maximum Gasteiger partial charge on any atom is 0.303 e. The van der Waals surface area contributed by atoms with Gasteiger partial charge in [0, 0.05) is 26.1 Å². The van der Waals surface area contributed by atoms with Gasteiger partial charge >= 0.3 is 11.9 Å². The summed E-state index contributed by atoms with van der Waals surface area (Å²) in [5, 5.41) is 75.5. The number of unbranched alkanes of at least 4 members (excludes halogenated alkanes) is 2. The van der Waals surface area contributed by atoms with Crippen LogP contribution in [0.4, 0.5) is 0 Å². The fraction of sp³-hybridized carbons (Fsp3) is 0.812. The second-order valence-electron chi connectivity index (χ2n) is 5.46. The van der Waals surface area contributed by atoms with Crippen molar-refractivity contribution in [3.8, 4) is 0 Å². The minimum atomic E-state index is -1.86. The maximum absolute atomic E-state index is 10.5. The molecule has 0 saturated carbocycles. The highest BCUT2D eigenvalue weighted by Crippen LogP contribution is 2.00. The smallest absolute Gasteiger partial charge is 0.303 e. The van der Waals surface area contributed by atoms with Gasteiger partial charge in [-0.05, 0) is 25.7 Å². The van der Waals surface area contributed by atoms with Crippen molar-refractivity contribution in [2.45, 2.75) is 56.8 Å². The van der Waals surface area contributed by atoms with Crippen LogP contribution in [0.1, 0.15) is 38.5 Å². The standard InChI is InChI=1S/C6H12O6.C6H10O4.C4H10O2/c7-1-3(9)5(11)6(12)4(10)2-8;7-5(8)3-1-2-4-6(9)10;5-3-1-2-4-6/h3,5-9,11-12H,1-2H2;1-4H2,(H,7,8)(H,9,10);5-6H,1-4H2/t3-,5+,6+;;/m1../s1. The van der Waals surface area contributed by atoms with Crippen LogP contribution in [0.3, 0.4) is 0 Å². The monoisotopic (exact) mass is 416 g/mol. The van der Waals surface area contributed by atoms with Gasteiger partial charge in [0.05, 0.1) is 6.61 Å². The van der Waals surface area contributed by atoms with E-state index in [9.17, 15) is 14.4 Å². The van der Waals surface area contributed by atoms with Crippen LogP contribution in [0.15, 0.2) is 0 Å². The molecule has 12 heteroatoms. The summed E-state index contributed by atoms with van der Waals surface area (Å²) in [6, 6.07) is 0. The van der Waals surface area contributed by atoms with Crippen LogP contribution < -0.4 is 0 Å². The summed E-state index contributed by atoms with van der Waals surface area (Å²) in [6.07, 6.45) is -2.76. The molecule has 0 aromatic carbocycles. The highest BCUT2D eigenvalue weighted by molar-refractivity contribution is 5.84. The van der Waals surface area contributed by atoms with E-state index in [1.165, 1.54) is 0 Å². The largest absolute Gasteiger partial charge is 0.481 e. The topological polar surface area (TPSA) is 233 Å². The molecule has 0 saturated heterocycles. The highest BCUT2D eigenvalue weighted by atomic mass is 16.4. The van der Waals surface area contributed by atoms with E-state index in [-0.39, 0.29) is 26.1 Å². The Hall–Kier alpha value is -1.67. The van der Waals surface area contributed by atoms with Gasteiger partial charge in [-0.3, -0.25) is 14.4 Å². The van der Waals surface area contributed by atoms with Gasteiger partial charge in [-0.25, -0.2) is 0 Å². The number of aliphatic hydroxyl groups is 7. The van der Waals surface area contributed by atoms with Crippen molar-refractivity contribution in [3.05, 3.63) is 0 Å². The lowest BCUT2D eigenvalue weighted by molar-refractivity contribution is -0.142. The van der Waals surface area contributed by atoms with Gasteiger partial charge < -0.3 is 46.0 Å². The molecule has 28 heavy (non-hydrogen) atoms. The average molecular weight is 416 g/mol. The first kappa shape index (κ1) is 31.0. The van der Waals surface area contributed by atoms with Crippen molar-refractivity contribution in [1.29, 1.82) is 0 Å². The van der Waals surface area contributed by atoms with Crippen molar-refractivity contribution in [2.75, 3.05) is 26.4 Å². The Balaban J connectivity index is -0.000000354. The molecule has 0 heterocycles. The quantitative estimate of drug-likeness (QED) is 0.137. The molecule has 0 radical (unpaired) electrons. The average Bonchev–Trinajstić information content (AvgIpc) is 2.67. The van der Waals surface area contributed by atoms with E-state index in [0.29, 0.717) is 12.8 Å². The Morgan fingerprint density at radius 3 is 1.32 bits per heavy atom. The number of aliphatic hydroxyl groups excluding tert-OH is 7. The van der Waals surface area contributed by atoms with E-state index in [4.69, 9.17) is 46.0 Å². The molecule has 0 amide bonds. The molecule has 12 nitrogen and oxygen atoms in total. The van der Waals surface area contributed by atoms with E-state index in [0.717, 1.165) is 12.8 Å². The Kier molecular flexibility index (Phi) is 24.0. The van der Waals surface area contributed by atoms with Crippen molar-refractivity contribution < 1.29 is 60.3 Å². The van der Waals surface area contributed by atoms with Crippen LogP contribution in [-0.2, 0) is 14.4 Å². The fourth-order valence-electron chi connectivity index (χ4n) is 1.38. The Labute approximate surface area is 162 Å². The van der Waals surface area contributed by atoms with Gasteiger partial charge in [0.1, 0.15) is 24.9 Å². The minimum absolute atomic E-state index is 0.0628. The predicted octanol–water partition coefficient (Wildman–Crippen LogP) is -2.91. The lowest BCUT2D eigenvalue weighted by Crippen LogP contribution is -2.44. The summed E-state index contributed by atoms with van der Waals surface area (Å²) in [5.74, 6) is -2.74. The summed E-state index contributed by atoms with van der Waals surface area (Å²) >= 11 is 0. The minimum Gasteiger partial charge on any atom is -0.481 e. The number of hydrogen-bond donors (Lipinski definition) is 9. The first-order chi connectivity index (χ1) is 13.1. The molecule has 0 aliphatic rings. The highest BCUT2D eigenvalue weighted by Gasteiger charge is 2.28. The zero-order valence-corrected chi connectivity index (χ0v) is 15.6. The molecule has 0 aliphatic heterocycles. The van der Waals surface area contributed by atoms with Gasteiger partial charge in [-0.15, -0.1) is 0 Å². The summed E-state index contributed by atoms with van der Waals surface area (Å²) in [7, 11) is 0. The van der Waals surface area contributed by atoms with Crippen molar-refractivity contribution in [1.82, 2.24) is 0 Å². The van der Waals surface area contributed by atoms with Gasteiger partial charge in [-0.2, -0.15) is 0 Å². The molecular weight excluding hydrogens is 384 g/mol. The molecular formula is C16H32O12. The van der Waals surface area contributed by atoms with E-state index in [1.807, 2.05) is 0 Å². The summed E-state index contributed by atoms with van der Waals surface area (Å²) in [5.41, 5.74) is 0. The molecule has 0 aromatic heterocycles. The van der Waals surface area contributed by atoms with Gasteiger partial charge in [-0.1, -0.05) is 0 Å². The molecule has 0 rings (SSSR count). The third kappa shape index (κ3) is 22.4. The van der Waals surface area contributed by atoms with E-state index in [2.05, 4.69) is 0 Å². The summed E-state index contributed by atoms with van der Waals surface area (Å²) in [6.45, 7) is -1.30. The molecule has 0 aromatic rings. The number of carbonyl (C=O) groups is 3. The second kappa shape index (κ2) is 21.6. The maximum atomic E-state index is 10.5. The summed E-state index contributed by atoms with van der Waals surface area (Å²) in [4.78, 5) is 30.3. The molecule has 0 unspecified atom stereocenters. The number of carboxylic acid groups (broad SMARTS) is 2. The van der Waals surface area contributed by atoms with Crippen LogP contribution in [-0.4, -0.2) is 108 Å². The normalized spacial score (nSPS) is 13.1.